The summed E-state index contributed by atoms with van der Waals surface area (Å²) in [4.78, 5) is 44.1. The van der Waals surface area contributed by atoms with Gasteiger partial charge in [-0.3, -0.25) is 14.4 Å². The number of pyridine rings is 1. The number of carbonyl (C=O) groups excluding carboxylic acids is 3. The van der Waals surface area contributed by atoms with Crippen LogP contribution in [-0.2, 0) is 28.9 Å². The molecule has 0 spiro atoms. The van der Waals surface area contributed by atoms with Crippen molar-refractivity contribution in [2.45, 2.75) is 57.0 Å². The first-order valence-electron chi connectivity index (χ1n) is 14.0. The molecule has 2 aromatic heterocycles. The summed E-state index contributed by atoms with van der Waals surface area (Å²) in [5, 5.41) is 5.63. The molecule has 0 radical (unpaired) electrons. The minimum absolute atomic E-state index is 0.0486. The Hall–Kier alpha value is -4.52. The molecule has 202 valence electrons. The molecule has 7 rings (SSSR count). The zero-order valence-corrected chi connectivity index (χ0v) is 22.3. The maximum Gasteiger partial charge on any atom is 0.289 e. The maximum absolute atomic E-state index is 13.6. The number of hydrogen-bond donors (Lipinski definition) is 2. The molecule has 2 aromatic carbocycles. The van der Waals surface area contributed by atoms with Crippen molar-refractivity contribution >= 4 is 17.6 Å². The molecule has 0 saturated heterocycles. The smallest absolute Gasteiger partial charge is 0.289 e. The van der Waals surface area contributed by atoms with Crippen molar-refractivity contribution in [3.63, 3.8) is 0 Å². The number of aromatic nitrogens is 2. The van der Waals surface area contributed by atoms with E-state index in [0.29, 0.717) is 11.4 Å². The van der Waals surface area contributed by atoms with E-state index in [9.17, 15) is 14.4 Å². The lowest BCUT2D eigenvalue weighted by Gasteiger charge is -2.19. The van der Waals surface area contributed by atoms with Crippen LogP contribution in [0.3, 0.4) is 0 Å². The molecular formula is C33H32N4O3. The normalized spacial score (nSPS) is 17.4. The summed E-state index contributed by atoms with van der Waals surface area (Å²) in [6.07, 6.45) is 11.6. The highest BCUT2D eigenvalue weighted by atomic mass is 16.2. The molecule has 0 unspecified atom stereocenters. The van der Waals surface area contributed by atoms with Crippen LogP contribution in [0.1, 0.15) is 52.7 Å². The van der Waals surface area contributed by atoms with Crippen LogP contribution in [0, 0.1) is 0 Å². The number of ketones is 1. The first-order valence-corrected chi connectivity index (χ1v) is 14.0. The molecule has 2 amide bonds. The van der Waals surface area contributed by atoms with E-state index >= 15 is 0 Å². The van der Waals surface area contributed by atoms with Crippen molar-refractivity contribution in [3.05, 3.63) is 108 Å². The van der Waals surface area contributed by atoms with E-state index in [1.165, 1.54) is 11.1 Å². The second-order valence-electron chi connectivity index (χ2n) is 10.7. The third-order valence-corrected chi connectivity index (χ3v) is 7.63. The van der Waals surface area contributed by atoms with Gasteiger partial charge in [0.15, 0.2) is 0 Å². The van der Waals surface area contributed by atoms with Gasteiger partial charge in [-0.05, 0) is 84.5 Å². The van der Waals surface area contributed by atoms with E-state index in [4.69, 9.17) is 0 Å². The quantitative estimate of drug-likeness (QED) is 0.377. The zero-order chi connectivity index (χ0) is 27.5. The number of fused-ring (bicyclic) bond motifs is 8. The Morgan fingerprint density at radius 1 is 0.875 bits per heavy atom. The summed E-state index contributed by atoms with van der Waals surface area (Å²) >= 11 is 0. The minimum Gasteiger partial charge on any atom is -0.347 e. The highest BCUT2D eigenvalue weighted by molar-refractivity contribution is 6.38. The van der Waals surface area contributed by atoms with Gasteiger partial charge in [-0.1, -0.05) is 48.5 Å². The Morgan fingerprint density at radius 2 is 1.65 bits per heavy atom. The van der Waals surface area contributed by atoms with Crippen molar-refractivity contribution in [3.8, 4) is 16.9 Å². The van der Waals surface area contributed by atoms with E-state index in [-0.39, 0.29) is 12.5 Å². The zero-order valence-electron chi connectivity index (χ0n) is 22.3. The SMILES string of the molecule is O=C(NC1CC1)C(=O)[C@@H]1Cc2ccc(cc2)CCCCc2cccc(c2)-c2ccn(c2)-c2ncccc2C(=O)N1. The van der Waals surface area contributed by atoms with Gasteiger partial charge in [0.05, 0.1) is 5.56 Å². The van der Waals surface area contributed by atoms with Crippen LogP contribution >= 0.6 is 0 Å². The van der Waals surface area contributed by atoms with Crippen LogP contribution in [0.4, 0.5) is 0 Å². The van der Waals surface area contributed by atoms with Crippen LogP contribution in [0.25, 0.3) is 16.9 Å². The molecule has 6 bridgehead atoms. The van der Waals surface area contributed by atoms with Crippen molar-refractivity contribution in [1.82, 2.24) is 20.2 Å². The van der Waals surface area contributed by atoms with Crippen molar-refractivity contribution in [1.29, 1.82) is 0 Å². The average Bonchev–Trinajstić information content (AvgIpc) is 3.66. The van der Waals surface area contributed by atoms with E-state index in [2.05, 4.69) is 52.0 Å². The monoisotopic (exact) mass is 532 g/mol. The fourth-order valence-corrected chi connectivity index (χ4v) is 5.21. The lowest BCUT2D eigenvalue weighted by atomic mass is 9.98. The Morgan fingerprint density at radius 3 is 2.45 bits per heavy atom. The number of benzene rings is 2. The predicted octanol–water partition coefficient (Wildman–Crippen LogP) is 4.61. The molecule has 2 aliphatic heterocycles. The van der Waals surface area contributed by atoms with Gasteiger partial charge >= 0.3 is 0 Å². The largest absolute Gasteiger partial charge is 0.347 e. The van der Waals surface area contributed by atoms with Crippen molar-refractivity contribution in [2.75, 3.05) is 0 Å². The van der Waals surface area contributed by atoms with Gasteiger partial charge in [0.1, 0.15) is 11.9 Å². The Kier molecular flexibility index (Phi) is 7.27. The number of aryl methyl sites for hydroxylation is 2. The summed E-state index contributed by atoms with van der Waals surface area (Å²) in [6, 6.07) is 21.1. The standard InChI is InChI=1S/C33H32N4O3/c38-30(33(40)35-27-14-15-27)29-20-24-12-10-22(11-13-24)5-1-2-6-23-7-3-8-25(19-23)26-16-18-37(21-26)31-28(32(39)36-29)9-4-17-34-31/h3-4,7-13,16-19,21,27,29H,1-2,5-6,14-15,20H2,(H,35,40)(H,36,39)/t29-/m0/s1. The molecule has 1 saturated carbocycles. The summed E-state index contributed by atoms with van der Waals surface area (Å²) in [5.41, 5.74) is 5.87. The van der Waals surface area contributed by atoms with E-state index < -0.39 is 23.6 Å². The van der Waals surface area contributed by atoms with E-state index in [1.54, 1.807) is 18.3 Å². The van der Waals surface area contributed by atoms with Gasteiger partial charge in [-0.2, -0.15) is 0 Å². The molecule has 4 heterocycles. The maximum atomic E-state index is 13.6. The number of nitrogens with zero attached hydrogens (tertiary/aromatic N) is 2. The Balaban J connectivity index is 1.36. The van der Waals surface area contributed by atoms with Crippen molar-refractivity contribution < 1.29 is 14.4 Å². The predicted molar refractivity (Wildman–Crippen MR) is 153 cm³/mol. The molecule has 7 heteroatoms. The third-order valence-electron chi connectivity index (χ3n) is 7.63. The lowest BCUT2D eigenvalue weighted by molar-refractivity contribution is -0.139. The second-order valence-corrected chi connectivity index (χ2v) is 10.7. The number of nitrogens with one attached hydrogen (secondary N) is 2. The Bertz CT molecular complexity index is 1550. The van der Waals surface area contributed by atoms with Crippen LogP contribution in [-0.4, -0.2) is 39.2 Å². The average molecular weight is 533 g/mol. The molecule has 2 N–H and O–H groups in total. The fraction of sp³-hybridized carbons (Fsp3) is 0.273. The van der Waals surface area contributed by atoms with Gasteiger partial charge in [-0.15, -0.1) is 0 Å². The molecule has 1 aliphatic carbocycles. The number of carbonyl (C=O) groups is 3. The van der Waals surface area contributed by atoms with Gasteiger partial charge in [0, 0.05) is 31.1 Å². The van der Waals surface area contributed by atoms with E-state index in [0.717, 1.165) is 55.2 Å². The molecule has 3 aliphatic rings. The van der Waals surface area contributed by atoms with Crippen LogP contribution in [0.15, 0.2) is 85.3 Å². The van der Waals surface area contributed by atoms with Gasteiger partial charge in [0.2, 0.25) is 5.78 Å². The van der Waals surface area contributed by atoms with E-state index in [1.807, 2.05) is 35.2 Å². The van der Waals surface area contributed by atoms with Crippen LogP contribution in [0.2, 0.25) is 0 Å². The summed E-state index contributed by atoms with van der Waals surface area (Å²) in [7, 11) is 0. The molecule has 1 fully saturated rings. The minimum atomic E-state index is -1.00. The number of amides is 2. The summed E-state index contributed by atoms with van der Waals surface area (Å²) in [6.45, 7) is 0. The van der Waals surface area contributed by atoms with Crippen molar-refractivity contribution in [2.24, 2.45) is 0 Å². The van der Waals surface area contributed by atoms with Crippen LogP contribution < -0.4 is 10.6 Å². The fourth-order valence-electron chi connectivity index (χ4n) is 5.21. The molecule has 7 nitrogen and oxygen atoms in total. The molecule has 40 heavy (non-hydrogen) atoms. The highest BCUT2D eigenvalue weighted by Gasteiger charge is 2.32. The molecular weight excluding hydrogens is 500 g/mol. The first kappa shape index (κ1) is 25.7. The number of rotatable bonds is 3. The van der Waals surface area contributed by atoms with Gasteiger partial charge in [-0.25, -0.2) is 4.98 Å². The van der Waals surface area contributed by atoms with Crippen LogP contribution in [0.5, 0.6) is 0 Å². The number of Topliss-reactive ketones (excluding diaryl/α,β-unsaturated/α-hetero) is 1. The first-order chi connectivity index (χ1) is 19.5. The van der Waals surface area contributed by atoms with Gasteiger partial charge in [0.25, 0.3) is 11.8 Å². The third kappa shape index (κ3) is 5.88. The number of hydrogen-bond acceptors (Lipinski definition) is 4. The van der Waals surface area contributed by atoms with Gasteiger partial charge < -0.3 is 15.2 Å². The topological polar surface area (TPSA) is 93.1 Å². The summed E-state index contributed by atoms with van der Waals surface area (Å²) in [5.74, 6) is -1.29. The molecule has 1 atom stereocenters. The molecule has 4 aromatic rings. The summed E-state index contributed by atoms with van der Waals surface area (Å²) < 4.78 is 1.82. The lowest BCUT2D eigenvalue weighted by Crippen LogP contribution is -2.49. The Labute approximate surface area is 233 Å². The highest BCUT2D eigenvalue weighted by Crippen LogP contribution is 2.25. The second kappa shape index (κ2) is 11.3.